The fraction of sp³-hybridized carbons (Fsp3) is 0.923. The van der Waals surface area contributed by atoms with Gasteiger partial charge in [0.15, 0.2) is 6.10 Å². The minimum absolute atomic E-state index is 0.0426. The quantitative estimate of drug-likeness (QED) is 0.360. The monoisotopic (exact) mass is 482 g/mol. The Bertz CT molecular complexity index is 661. The Balaban J connectivity index is 1.80. The Morgan fingerprint density at radius 3 is 1.91 bits per heavy atom. The van der Waals surface area contributed by atoms with E-state index in [1.807, 2.05) is 27.7 Å². The van der Waals surface area contributed by atoms with E-state index in [1.165, 1.54) is 6.42 Å². The van der Waals surface area contributed by atoms with Crippen molar-refractivity contribution in [2.45, 2.75) is 116 Å². The largest absolute Gasteiger partial charge is 0.466 e. The summed E-state index contributed by atoms with van der Waals surface area (Å²) in [5.74, 6) is -0.530. The second-order valence-electron chi connectivity index (χ2n) is 10.9. The van der Waals surface area contributed by atoms with Gasteiger partial charge >= 0.3 is 11.9 Å². The van der Waals surface area contributed by atoms with Crippen LogP contribution in [0.2, 0.25) is 0 Å². The van der Waals surface area contributed by atoms with Gasteiger partial charge in [0, 0.05) is 26.2 Å². The van der Waals surface area contributed by atoms with Gasteiger partial charge in [0.05, 0.1) is 18.6 Å². The number of piperidine rings is 1. The van der Waals surface area contributed by atoms with E-state index in [4.69, 9.17) is 18.9 Å². The smallest absolute Gasteiger partial charge is 0.335 e. The standard InChI is InChI=1S/C26H46N2O6/c1-6-31-24(30)21-12-14-22(15-13-21)33-26(28-18-10-11-19-28,27-16-8-7-9-17-27)32-20(2)23(29)34-25(3,4)5/h20-22H,6-19H2,1-5H3. The highest BCUT2D eigenvalue weighted by Crippen LogP contribution is 2.37. The van der Waals surface area contributed by atoms with Crippen LogP contribution in [-0.2, 0) is 28.5 Å². The number of hydrogen-bond donors (Lipinski definition) is 0. The molecule has 2 atom stereocenters. The third-order valence-corrected chi connectivity index (χ3v) is 6.94. The van der Waals surface area contributed by atoms with E-state index >= 15 is 0 Å². The molecule has 0 amide bonds. The zero-order valence-corrected chi connectivity index (χ0v) is 22.0. The summed E-state index contributed by atoms with van der Waals surface area (Å²) < 4.78 is 24.4. The summed E-state index contributed by atoms with van der Waals surface area (Å²) in [4.78, 5) is 29.7. The summed E-state index contributed by atoms with van der Waals surface area (Å²) in [5, 5.41) is 0. The summed E-state index contributed by atoms with van der Waals surface area (Å²) in [6.07, 6.45) is 7.77. The van der Waals surface area contributed by atoms with E-state index in [0.717, 1.165) is 77.5 Å². The van der Waals surface area contributed by atoms with E-state index < -0.39 is 17.7 Å². The molecule has 0 aromatic carbocycles. The molecule has 0 aromatic heterocycles. The first kappa shape index (κ1) is 27.4. The molecular formula is C26H46N2O6. The van der Waals surface area contributed by atoms with Crippen molar-refractivity contribution in [3.05, 3.63) is 0 Å². The van der Waals surface area contributed by atoms with Crippen molar-refractivity contribution in [1.29, 1.82) is 0 Å². The number of rotatable bonds is 9. The zero-order chi connectivity index (χ0) is 24.8. The first-order valence-electron chi connectivity index (χ1n) is 13.4. The van der Waals surface area contributed by atoms with Crippen LogP contribution in [0, 0.1) is 5.92 Å². The Morgan fingerprint density at radius 2 is 1.41 bits per heavy atom. The molecule has 196 valence electrons. The SMILES string of the molecule is CCOC(=O)C1CCC(OC(OC(C)C(=O)OC(C)(C)C)(N2CCCCC2)N2CCCC2)CC1. The van der Waals surface area contributed by atoms with Gasteiger partial charge in [0.2, 0.25) is 0 Å². The fourth-order valence-corrected chi connectivity index (χ4v) is 5.26. The molecule has 2 saturated heterocycles. The van der Waals surface area contributed by atoms with Crippen molar-refractivity contribution in [3.8, 4) is 0 Å². The van der Waals surface area contributed by atoms with Crippen LogP contribution >= 0.6 is 0 Å². The molecule has 34 heavy (non-hydrogen) atoms. The van der Waals surface area contributed by atoms with Gasteiger partial charge in [-0.2, -0.15) is 0 Å². The Hall–Kier alpha value is -1.22. The molecule has 0 aromatic rings. The van der Waals surface area contributed by atoms with Crippen molar-refractivity contribution >= 4 is 11.9 Å². The van der Waals surface area contributed by atoms with Crippen molar-refractivity contribution in [2.24, 2.45) is 5.92 Å². The van der Waals surface area contributed by atoms with Crippen LogP contribution in [0.25, 0.3) is 0 Å². The topological polar surface area (TPSA) is 77.5 Å². The number of ether oxygens (including phenoxy) is 4. The van der Waals surface area contributed by atoms with E-state index in [0.29, 0.717) is 6.61 Å². The van der Waals surface area contributed by atoms with Gasteiger partial charge in [-0.05, 0) is 86.0 Å². The van der Waals surface area contributed by atoms with Gasteiger partial charge in [-0.15, -0.1) is 0 Å². The first-order chi connectivity index (χ1) is 16.1. The lowest BCUT2D eigenvalue weighted by Crippen LogP contribution is -2.67. The van der Waals surface area contributed by atoms with Crippen LogP contribution in [-0.4, -0.2) is 78.4 Å². The third kappa shape index (κ3) is 7.15. The van der Waals surface area contributed by atoms with Gasteiger partial charge in [-0.1, -0.05) is 6.42 Å². The molecule has 2 heterocycles. The minimum Gasteiger partial charge on any atom is -0.466 e. The van der Waals surface area contributed by atoms with E-state index in [1.54, 1.807) is 6.92 Å². The summed E-state index contributed by atoms with van der Waals surface area (Å²) in [6, 6.07) is -1.09. The van der Waals surface area contributed by atoms with Crippen molar-refractivity contribution in [1.82, 2.24) is 9.80 Å². The fourth-order valence-electron chi connectivity index (χ4n) is 5.26. The number of carbonyl (C=O) groups is 2. The zero-order valence-electron chi connectivity index (χ0n) is 22.0. The van der Waals surface area contributed by atoms with E-state index in [-0.39, 0.29) is 24.0 Å². The highest BCUT2D eigenvalue weighted by molar-refractivity contribution is 5.74. The van der Waals surface area contributed by atoms with Crippen LogP contribution in [0.5, 0.6) is 0 Å². The molecule has 3 aliphatic rings. The van der Waals surface area contributed by atoms with Crippen molar-refractivity contribution < 1.29 is 28.5 Å². The van der Waals surface area contributed by atoms with Gasteiger partial charge in [-0.25, -0.2) is 14.6 Å². The molecule has 0 bridgehead atoms. The molecular weight excluding hydrogens is 436 g/mol. The maximum absolute atomic E-state index is 12.9. The summed E-state index contributed by atoms with van der Waals surface area (Å²) in [5.41, 5.74) is -0.581. The summed E-state index contributed by atoms with van der Waals surface area (Å²) in [7, 11) is 0. The third-order valence-electron chi connectivity index (χ3n) is 6.94. The predicted octanol–water partition coefficient (Wildman–Crippen LogP) is 4.06. The molecule has 8 nitrogen and oxygen atoms in total. The van der Waals surface area contributed by atoms with Crippen LogP contribution in [0.3, 0.4) is 0 Å². The van der Waals surface area contributed by atoms with Gasteiger partial charge < -0.3 is 18.9 Å². The molecule has 8 heteroatoms. The van der Waals surface area contributed by atoms with Crippen molar-refractivity contribution in [2.75, 3.05) is 32.8 Å². The molecule has 3 fully saturated rings. The number of carbonyl (C=O) groups excluding carboxylic acids is 2. The Morgan fingerprint density at radius 1 is 0.882 bits per heavy atom. The predicted molar refractivity (Wildman–Crippen MR) is 129 cm³/mol. The Kier molecular flexibility index (Phi) is 9.78. The normalized spacial score (nSPS) is 27.7. The maximum atomic E-state index is 12.9. The van der Waals surface area contributed by atoms with Crippen molar-refractivity contribution in [3.63, 3.8) is 0 Å². The summed E-state index contributed by atoms with van der Waals surface area (Å²) >= 11 is 0. The molecule has 0 spiro atoms. The van der Waals surface area contributed by atoms with E-state index in [2.05, 4.69) is 9.80 Å². The number of hydrogen-bond acceptors (Lipinski definition) is 8. The highest BCUT2D eigenvalue weighted by atomic mass is 16.8. The number of esters is 2. The van der Waals surface area contributed by atoms with Gasteiger partial charge in [0.25, 0.3) is 6.03 Å². The van der Waals surface area contributed by atoms with Crippen LogP contribution in [0.1, 0.15) is 92.4 Å². The molecule has 3 rings (SSSR count). The van der Waals surface area contributed by atoms with E-state index in [9.17, 15) is 9.59 Å². The first-order valence-corrected chi connectivity index (χ1v) is 13.4. The molecule has 1 aliphatic carbocycles. The lowest BCUT2D eigenvalue weighted by atomic mass is 9.87. The lowest BCUT2D eigenvalue weighted by molar-refractivity contribution is -0.412. The molecule has 2 aliphatic heterocycles. The molecule has 1 saturated carbocycles. The lowest BCUT2D eigenvalue weighted by Gasteiger charge is -2.51. The van der Waals surface area contributed by atoms with Gasteiger partial charge in [-0.3, -0.25) is 4.79 Å². The second-order valence-corrected chi connectivity index (χ2v) is 10.9. The average molecular weight is 483 g/mol. The Labute approximate surface area is 205 Å². The minimum atomic E-state index is -1.09. The van der Waals surface area contributed by atoms with Crippen LogP contribution < -0.4 is 0 Å². The molecule has 2 unspecified atom stereocenters. The van der Waals surface area contributed by atoms with Crippen LogP contribution in [0.15, 0.2) is 0 Å². The molecule has 0 N–H and O–H groups in total. The average Bonchev–Trinajstić information content (AvgIpc) is 3.34. The number of likely N-dealkylation sites (tertiary alicyclic amines) is 2. The van der Waals surface area contributed by atoms with Gasteiger partial charge in [0.1, 0.15) is 5.60 Å². The highest BCUT2D eigenvalue weighted by Gasteiger charge is 2.51. The maximum Gasteiger partial charge on any atom is 0.335 e. The van der Waals surface area contributed by atoms with Crippen LogP contribution in [0.4, 0.5) is 0 Å². The molecule has 0 radical (unpaired) electrons. The second kappa shape index (κ2) is 12.2. The number of nitrogens with zero attached hydrogens (tertiary/aromatic N) is 2. The summed E-state index contributed by atoms with van der Waals surface area (Å²) in [6.45, 7) is 13.1.